The van der Waals surface area contributed by atoms with E-state index in [0.29, 0.717) is 29.7 Å². The highest BCUT2D eigenvalue weighted by Crippen LogP contribution is 2.24. The first-order chi connectivity index (χ1) is 12.8. The number of likely N-dealkylation sites (tertiary alicyclic amines) is 1. The highest BCUT2D eigenvalue weighted by molar-refractivity contribution is 5.94. The summed E-state index contributed by atoms with van der Waals surface area (Å²) in [6, 6.07) is 15.5. The number of carbonyl (C=O) groups excluding carboxylic acids is 1. The maximum Gasteiger partial charge on any atom is 0.272 e. The number of amides is 1. The predicted molar refractivity (Wildman–Crippen MR) is 99.3 cm³/mol. The van der Waals surface area contributed by atoms with Crippen molar-refractivity contribution in [3.05, 3.63) is 60.5 Å². The van der Waals surface area contributed by atoms with Gasteiger partial charge < -0.3 is 14.6 Å². The van der Waals surface area contributed by atoms with Gasteiger partial charge >= 0.3 is 0 Å². The molecule has 1 atom stereocenters. The van der Waals surface area contributed by atoms with E-state index in [1.54, 1.807) is 10.9 Å². The third kappa shape index (κ3) is 3.15. The molecule has 0 bridgehead atoms. The monoisotopic (exact) mass is 350 g/mol. The van der Waals surface area contributed by atoms with Gasteiger partial charge in [-0.05, 0) is 44.2 Å². The molecule has 2 aromatic heterocycles. The summed E-state index contributed by atoms with van der Waals surface area (Å²) in [5.41, 5.74) is 2.07. The molecule has 1 aromatic carbocycles. The molecule has 1 saturated heterocycles. The second-order valence-corrected chi connectivity index (χ2v) is 6.52. The fourth-order valence-electron chi connectivity index (χ4n) is 3.40. The number of likely N-dealkylation sites (N-methyl/N-ethyl adjacent to an activating group) is 1. The average molecular weight is 350 g/mol. The van der Waals surface area contributed by atoms with Crippen LogP contribution in [-0.4, -0.2) is 46.8 Å². The lowest BCUT2D eigenvalue weighted by Crippen LogP contribution is -2.47. The van der Waals surface area contributed by atoms with Crippen LogP contribution in [0.5, 0.6) is 0 Å². The molecular formula is C20H22N4O2. The molecule has 0 aliphatic carbocycles. The van der Waals surface area contributed by atoms with E-state index in [-0.39, 0.29) is 5.91 Å². The Hall–Kier alpha value is -2.86. The maximum atomic E-state index is 13.2. The number of benzene rings is 1. The van der Waals surface area contributed by atoms with Crippen LogP contribution in [0, 0.1) is 0 Å². The zero-order valence-electron chi connectivity index (χ0n) is 14.8. The standard InChI is InChI=1S/C20H22N4O2/c1-21-15-7-5-11-23(14-15)20(25)18-13-17(19-10-6-12-26-19)22-24(18)16-8-3-2-4-9-16/h2-4,6,8-10,12-13,15,21H,5,7,11,14H2,1H3. The minimum atomic E-state index is -0.000825. The number of furan rings is 1. The third-order valence-electron chi connectivity index (χ3n) is 4.82. The first-order valence-corrected chi connectivity index (χ1v) is 8.92. The van der Waals surface area contributed by atoms with Crippen LogP contribution in [-0.2, 0) is 0 Å². The van der Waals surface area contributed by atoms with Crippen molar-refractivity contribution in [3.8, 4) is 17.1 Å². The second kappa shape index (κ2) is 7.17. The van der Waals surface area contributed by atoms with Gasteiger partial charge in [-0.3, -0.25) is 4.79 Å². The Balaban J connectivity index is 1.73. The summed E-state index contributed by atoms with van der Waals surface area (Å²) in [4.78, 5) is 15.2. The quantitative estimate of drug-likeness (QED) is 0.786. The topological polar surface area (TPSA) is 63.3 Å². The molecule has 3 aromatic rings. The summed E-state index contributed by atoms with van der Waals surface area (Å²) in [5, 5.41) is 7.92. The van der Waals surface area contributed by atoms with Crippen LogP contribution < -0.4 is 5.32 Å². The zero-order chi connectivity index (χ0) is 17.9. The summed E-state index contributed by atoms with van der Waals surface area (Å²) in [6.07, 6.45) is 3.71. The number of rotatable bonds is 4. The minimum Gasteiger partial charge on any atom is -0.463 e. The second-order valence-electron chi connectivity index (χ2n) is 6.52. The summed E-state index contributed by atoms with van der Waals surface area (Å²) in [5.74, 6) is 0.652. The summed E-state index contributed by atoms with van der Waals surface area (Å²) in [7, 11) is 1.95. The number of hydrogen-bond acceptors (Lipinski definition) is 4. The Morgan fingerprint density at radius 3 is 2.81 bits per heavy atom. The number of nitrogens with one attached hydrogen (secondary N) is 1. The van der Waals surface area contributed by atoms with Crippen molar-refractivity contribution in [2.45, 2.75) is 18.9 Å². The molecule has 0 radical (unpaired) electrons. The molecule has 1 fully saturated rings. The SMILES string of the molecule is CNC1CCCN(C(=O)c2cc(-c3ccco3)nn2-c2ccccc2)C1. The fourth-order valence-corrected chi connectivity index (χ4v) is 3.40. The van der Waals surface area contributed by atoms with E-state index in [0.717, 1.165) is 25.1 Å². The van der Waals surface area contributed by atoms with Crippen LogP contribution in [0.2, 0.25) is 0 Å². The third-order valence-corrected chi connectivity index (χ3v) is 4.82. The molecule has 0 spiro atoms. The molecular weight excluding hydrogens is 328 g/mol. The number of piperidine rings is 1. The van der Waals surface area contributed by atoms with Crippen molar-refractivity contribution in [2.24, 2.45) is 0 Å². The smallest absolute Gasteiger partial charge is 0.272 e. The van der Waals surface area contributed by atoms with Gasteiger partial charge in [-0.15, -0.1) is 0 Å². The molecule has 4 rings (SSSR count). The van der Waals surface area contributed by atoms with Gasteiger partial charge in [0.25, 0.3) is 5.91 Å². The molecule has 1 N–H and O–H groups in total. The van der Waals surface area contributed by atoms with E-state index >= 15 is 0 Å². The van der Waals surface area contributed by atoms with Crippen molar-refractivity contribution in [2.75, 3.05) is 20.1 Å². The van der Waals surface area contributed by atoms with Crippen molar-refractivity contribution in [1.82, 2.24) is 20.0 Å². The van der Waals surface area contributed by atoms with E-state index in [1.807, 2.05) is 60.5 Å². The van der Waals surface area contributed by atoms with Crippen LogP contribution in [0.4, 0.5) is 0 Å². The molecule has 134 valence electrons. The van der Waals surface area contributed by atoms with Crippen LogP contribution in [0.15, 0.2) is 59.2 Å². The van der Waals surface area contributed by atoms with Crippen LogP contribution in [0.3, 0.4) is 0 Å². The highest BCUT2D eigenvalue weighted by Gasteiger charge is 2.27. The Labute approximate surface area is 152 Å². The van der Waals surface area contributed by atoms with Crippen LogP contribution in [0.1, 0.15) is 23.3 Å². The molecule has 1 aliphatic rings. The van der Waals surface area contributed by atoms with Gasteiger partial charge in [-0.2, -0.15) is 5.10 Å². The number of aromatic nitrogens is 2. The molecule has 6 heteroatoms. The molecule has 26 heavy (non-hydrogen) atoms. The molecule has 3 heterocycles. The summed E-state index contributed by atoms with van der Waals surface area (Å²) >= 11 is 0. The van der Waals surface area contributed by atoms with Crippen molar-refractivity contribution in [3.63, 3.8) is 0 Å². The lowest BCUT2D eigenvalue weighted by Gasteiger charge is -2.32. The number of nitrogens with zero attached hydrogens (tertiary/aromatic N) is 3. The maximum absolute atomic E-state index is 13.2. The van der Waals surface area contributed by atoms with Crippen molar-refractivity contribution >= 4 is 5.91 Å². The van der Waals surface area contributed by atoms with Crippen molar-refractivity contribution in [1.29, 1.82) is 0 Å². The lowest BCUT2D eigenvalue weighted by molar-refractivity contribution is 0.0689. The Kier molecular flexibility index (Phi) is 4.58. The van der Waals surface area contributed by atoms with Gasteiger partial charge in [0.15, 0.2) is 5.76 Å². The molecule has 1 aliphatic heterocycles. The minimum absolute atomic E-state index is 0.000825. The van der Waals surface area contributed by atoms with E-state index < -0.39 is 0 Å². The van der Waals surface area contributed by atoms with Gasteiger partial charge in [0.1, 0.15) is 11.4 Å². The zero-order valence-corrected chi connectivity index (χ0v) is 14.8. The predicted octanol–water partition coefficient (Wildman–Crippen LogP) is 2.96. The number of hydrogen-bond donors (Lipinski definition) is 1. The van der Waals surface area contributed by atoms with Crippen LogP contribution >= 0.6 is 0 Å². The van der Waals surface area contributed by atoms with E-state index in [4.69, 9.17) is 4.42 Å². The van der Waals surface area contributed by atoms with Crippen LogP contribution in [0.25, 0.3) is 17.1 Å². The van der Waals surface area contributed by atoms with Gasteiger partial charge in [-0.1, -0.05) is 18.2 Å². The number of para-hydroxylation sites is 1. The van der Waals surface area contributed by atoms with Crippen molar-refractivity contribution < 1.29 is 9.21 Å². The molecule has 1 unspecified atom stereocenters. The Bertz CT molecular complexity index is 871. The van der Waals surface area contributed by atoms with E-state index in [1.165, 1.54) is 0 Å². The molecule has 1 amide bonds. The fraction of sp³-hybridized carbons (Fsp3) is 0.300. The van der Waals surface area contributed by atoms with E-state index in [2.05, 4.69) is 10.4 Å². The molecule has 6 nitrogen and oxygen atoms in total. The molecule has 0 saturated carbocycles. The first-order valence-electron chi connectivity index (χ1n) is 8.92. The van der Waals surface area contributed by atoms with Gasteiger partial charge in [0.2, 0.25) is 0 Å². The van der Waals surface area contributed by atoms with Gasteiger partial charge in [-0.25, -0.2) is 4.68 Å². The van der Waals surface area contributed by atoms with E-state index in [9.17, 15) is 4.79 Å². The van der Waals surface area contributed by atoms with Gasteiger partial charge in [0, 0.05) is 25.2 Å². The summed E-state index contributed by atoms with van der Waals surface area (Å²) < 4.78 is 7.18. The Morgan fingerprint density at radius 2 is 2.08 bits per heavy atom. The average Bonchev–Trinajstić information content (AvgIpc) is 3.38. The summed E-state index contributed by atoms with van der Waals surface area (Å²) in [6.45, 7) is 1.48. The first kappa shape index (κ1) is 16.6. The largest absolute Gasteiger partial charge is 0.463 e. The Morgan fingerprint density at radius 1 is 1.23 bits per heavy atom. The number of carbonyl (C=O) groups is 1. The highest BCUT2D eigenvalue weighted by atomic mass is 16.3. The van der Waals surface area contributed by atoms with Gasteiger partial charge in [0.05, 0.1) is 12.0 Å². The lowest BCUT2D eigenvalue weighted by atomic mass is 10.1. The normalized spacial score (nSPS) is 17.4.